The molecular weight excluding hydrogens is 273 g/mol. The van der Waals surface area contributed by atoms with Gasteiger partial charge in [-0.3, -0.25) is 0 Å². The van der Waals surface area contributed by atoms with Crippen LogP contribution in [0.2, 0.25) is 0 Å². The molecule has 0 saturated carbocycles. The molecule has 0 unspecified atom stereocenters. The van der Waals surface area contributed by atoms with Gasteiger partial charge in [-0.15, -0.1) is 0 Å². The largest absolute Gasteiger partial charge is 0.204 e. The van der Waals surface area contributed by atoms with Gasteiger partial charge in [0, 0.05) is 0 Å². The van der Waals surface area contributed by atoms with E-state index in [1.54, 1.807) is 6.07 Å². The Morgan fingerprint density at radius 2 is 1.10 bits per heavy atom. The monoisotopic (exact) mass is 296 g/mol. The summed E-state index contributed by atoms with van der Waals surface area (Å²) in [5.41, 5.74) is 3.12. The molecule has 2 aromatic carbocycles. The minimum atomic E-state index is -1.43. The molecule has 0 aromatic heterocycles. The van der Waals surface area contributed by atoms with Gasteiger partial charge >= 0.3 is 0 Å². The van der Waals surface area contributed by atoms with Crippen molar-refractivity contribution in [3.05, 3.63) is 58.9 Å². The highest BCUT2D eigenvalue weighted by atomic mass is 19.2. The fourth-order valence-electron chi connectivity index (χ4n) is 1.64. The molecule has 0 nitrogen and oxygen atoms in total. The number of aryl methyl sites for hydroxylation is 2. The molecule has 2 rings (SSSR count). The number of benzene rings is 2. The predicted octanol–water partition coefficient (Wildman–Crippen LogP) is 6.44. The summed E-state index contributed by atoms with van der Waals surface area (Å²) in [6, 6.07) is 7.45. The lowest BCUT2D eigenvalue weighted by Gasteiger charge is -2.06. The summed E-state index contributed by atoms with van der Waals surface area (Å²) in [4.78, 5) is 0. The van der Waals surface area contributed by atoms with Crippen molar-refractivity contribution in [1.82, 2.24) is 0 Å². The summed E-state index contributed by atoms with van der Waals surface area (Å²) in [5, 5.41) is 0. The van der Waals surface area contributed by atoms with Crippen LogP contribution in [0.25, 0.3) is 11.1 Å². The van der Waals surface area contributed by atoms with Crippen molar-refractivity contribution < 1.29 is 13.2 Å². The fraction of sp³-hybridized carbons (Fsp3) is 0.333. The zero-order valence-corrected chi connectivity index (χ0v) is 13.5. The Hall–Kier alpha value is -1.77. The Morgan fingerprint density at radius 1 is 0.619 bits per heavy atom. The molecule has 2 aromatic rings. The molecule has 0 aliphatic heterocycles. The summed E-state index contributed by atoms with van der Waals surface area (Å²) in [7, 11) is 0. The molecule has 0 aliphatic rings. The second-order valence-electron chi connectivity index (χ2n) is 4.05. The van der Waals surface area contributed by atoms with E-state index in [2.05, 4.69) is 0 Å². The molecule has 0 spiro atoms. The molecule has 0 heterocycles. The first kappa shape index (κ1) is 19.2. The highest BCUT2D eigenvalue weighted by molar-refractivity contribution is 5.65. The molecule has 116 valence electrons. The van der Waals surface area contributed by atoms with Crippen molar-refractivity contribution >= 4 is 0 Å². The van der Waals surface area contributed by atoms with Gasteiger partial charge in [0.05, 0.1) is 0 Å². The first-order valence-corrected chi connectivity index (χ1v) is 7.21. The Morgan fingerprint density at radius 3 is 1.52 bits per heavy atom. The van der Waals surface area contributed by atoms with Crippen LogP contribution in [0.5, 0.6) is 0 Å². The van der Waals surface area contributed by atoms with Crippen LogP contribution in [0.3, 0.4) is 0 Å². The van der Waals surface area contributed by atoms with Gasteiger partial charge in [0.1, 0.15) is 0 Å². The van der Waals surface area contributed by atoms with Crippen molar-refractivity contribution in [3.8, 4) is 11.1 Å². The van der Waals surface area contributed by atoms with E-state index < -0.39 is 17.5 Å². The molecule has 21 heavy (non-hydrogen) atoms. The predicted molar refractivity (Wildman–Crippen MR) is 83.9 cm³/mol. The molecule has 0 N–H and O–H groups in total. The molecule has 0 amide bonds. The van der Waals surface area contributed by atoms with Gasteiger partial charge in [0.25, 0.3) is 0 Å². The number of hydrogen-bond acceptors (Lipinski definition) is 0. The summed E-state index contributed by atoms with van der Waals surface area (Å²) in [5.74, 6) is -3.77. The molecule has 0 bridgehead atoms. The lowest BCUT2D eigenvalue weighted by molar-refractivity contribution is 0.448. The van der Waals surface area contributed by atoms with Gasteiger partial charge in [0.15, 0.2) is 17.5 Å². The Labute approximate surface area is 125 Å². The third-order valence-electron chi connectivity index (χ3n) is 2.82. The van der Waals surface area contributed by atoms with Crippen LogP contribution in [0, 0.1) is 31.3 Å². The lowest BCUT2D eigenvalue weighted by Crippen LogP contribution is -1.92. The number of halogens is 3. The quantitative estimate of drug-likeness (QED) is 0.531. The minimum Gasteiger partial charge on any atom is -0.204 e. The van der Waals surface area contributed by atoms with E-state index in [0.29, 0.717) is 11.1 Å². The molecule has 0 radical (unpaired) electrons. The average molecular weight is 296 g/mol. The van der Waals surface area contributed by atoms with E-state index in [4.69, 9.17) is 0 Å². The van der Waals surface area contributed by atoms with Crippen molar-refractivity contribution in [2.24, 2.45) is 0 Å². The van der Waals surface area contributed by atoms with Crippen molar-refractivity contribution in [1.29, 1.82) is 0 Å². The van der Waals surface area contributed by atoms with E-state index >= 15 is 0 Å². The van der Waals surface area contributed by atoms with Gasteiger partial charge in [-0.2, -0.15) is 0 Å². The molecule has 0 saturated heterocycles. The van der Waals surface area contributed by atoms with Crippen LogP contribution >= 0.6 is 0 Å². The maximum Gasteiger partial charge on any atom is 0.194 e. The third kappa shape index (κ3) is 4.92. The van der Waals surface area contributed by atoms with E-state index in [1.807, 2.05) is 53.7 Å². The van der Waals surface area contributed by atoms with Gasteiger partial charge < -0.3 is 0 Å². The zero-order valence-electron chi connectivity index (χ0n) is 13.5. The maximum atomic E-state index is 13.1. The third-order valence-corrected chi connectivity index (χ3v) is 2.82. The highest BCUT2D eigenvalue weighted by Crippen LogP contribution is 2.25. The molecule has 0 atom stereocenters. The van der Waals surface area contributed by atoms with Crippen LogP contribution in [0.15, 0.2) is 30.3 Å². The van der Waals surface area contributed by atoms with Gasteiger partial charge in [0.2, 0.25) is 0 Å². The van der Waals surface area contributed by atoms with Gasteiger partial charge in [-0.05, 0) is 48.2 Å². The normalized spacial score (nSPS) is 9.19. The summed E-state index contributed by atoms with van der Waals surface area (Å²) in [6.45, 7) is 11.9. The topological polar surface area (TPSA) is 0 Å². The first-order valence-electron chi connectivity index (χ1n) is 7.21. The lowest BCUT2D eigenvalue weighted by atomic mass is 10.0. The van der Waals surface area contributed by atoms with Crippen molar-refractivity contribution in [2.75, 3.05) is 0 Å². The van der Waals surface area contributed by atoms with Crippen molar-refractivity contribution in [2.45, 2.75) is 41.5 Å². The van der Waals surface area contributed by atoms with Crippen LogP contribution in [-0.2, 0) is 0 Å². The summed E-state index contributed by atoms with van der Waals surface area (Å²) >= 11 is 0. The molecule has 3 heteroatoms. The molecular formula is C18H23F3. The highest BCUT2D eigenvalue weighted by Gasteiger charge is 2.11. The smallest absolute Gasteiger partial charge is 0.194 e. The second-order valence-corrected chi connectivity index (χ2v) is 4.05. The number of rotatable bonds is 1. The van der Waals surface area contributed by atoms with Gasteiger partial charge in [-0.25, -0.2) is 13.2 Å². The van der Waals surface area contributed by atoms with Gasteiger partial charge in [-0.1, -0.05) is 45.9 Å². The Balaban J connectivity index is 0.000000921. The van der Waals surface area contributed by atoms with Crippen LogP contribution in [0.4, 0.5) is 13.2 Å². The molecule has 0 fully saturated rings. The average Bonchev–Trinajstić information content (AvgIpc) is 2.51. The van der Waals surface area contributed by atoms with E-state index in [1.165, 1.54) is 0 Å². The summed E-state index contributed by atoms with van der Waals surface area (Å²) < 4.78 is 39.0. The maximum absolute atomic E-state index is 13.1. The first-order chi connectivity index (χ1) is 9.99. The van der Waals surface area contributed by atoms with E-state index in [-0.39, 0.29) is 0 Å². The van der Waals surface area contributed by atoms with E-state index in [9.17, 15) is 13.2 Å². The summed E-state index contributed by atoms with van der Waals surface area (Å²) in [6.07, 6.45) is 0. The van der Waals surface area contributed by atoms with Crippen LogP contribution in [0.1, 0.15) is 38.8 Å². The fourth-order valence-corrected chi connectivity index (χ4v) is 1.64. The van der Waals surface area contributed by atoms with E-state index in [0.717, 1.165) is 23.3 Å². The SMILES string of the molecule is CC.CC.Cc1ccc(-c2cc(F)c(F)c(F)c2)cc1C. The standard InChI is InChI=1S/C14H11F3.2C2H6/c1-8-3-4-10(5-9(8)2)11-6-12(15)14(17)13(16)7-11;2*1-2/h3-7H,1-2H3;2*1-2H3. The minimum absolute atomic E-state index is 0.338. The molecule has 0 aliphatic carbocycles. The second kappa shape index (κ2) is 9.22. The Bertz CT molecular complexity index is 552. The van der Waals surface area contributed by atoms with Crippen LogP contribution in [-0.4, -0.2) is 0 Å². The number of hydrogen-bond donors (Lipinski definition) is 0. The zero-order chi connectivity index (χ0) is 16.6. The Kier molecular flexibility index (Phi) is 8.44. The van der Waals surface area contributed by atoms with Crippen LogP contribution < -0.4 is 0 Å². The van der Waals surface area contributed by atoms with Crippen molar-refractivity contribution in [3.63, 3.8) is 0 Å².